The molecule has 3 nitrogen and oxygen atoms in total. The van der Waals surface area contributed by atoms with Crippen molar-refractivity contribution in [1.29, 1.82) is 0 Å². The molecule has 1 aromatic heterocycles. The number of hydrogen-bond donors (Lipinski definition) is 0. The van der Waals surface area contributed by atoms with Gasteiger partial charge in [-0.15, -0.1) is 0 Å². The van der Waals surface area contributed by atoms with Crippen molar-refractivity contribution in [2.24, 2.45) is 0 Å². The second kappa shape index (κ2) is 10.9. The van der Waals surface area contributed by atoms with E-state index in [0.29, 0.717) is 6.07 Å². The van der Waals surface area contributed by atoms with Gasteiger partial charge >= 0.3 is 20.1 Å². The Labute approximate surface area is 215 Å². The van der Waals surface area contributed by atoms with E-state index in [9.17, 15) is 13.2 Å². The van der Waals surface area contributed by atoms with Gasteiger partial charge in [0.05, 0.1) is 11.6 Å². The second-order valence-corrected chi connectivity index (χ2v) is 7.87. The van der Waals surface area contributed by atoms with Gasteiger partial charge in [0.2, 0.25) is 0 Å². The van der Waals surface area contributed by atoms with Crippen LogP contribution in [0.4, 0.5) is 13.2 Å². The molecule has 3 aromatic carbocycles. The Bertz CT molecular complexity index is 1330. The zero-order chi connectivity index (χ0) is 23.5. The molecule has 0 fully saturated rings. The maximum Gasteiger partial charge on any atom is 3.00 e. The van der Waals surface area contributed by atoms with Crippen molar-refractivity contribution < 1.29 is 33.3 Å². The number of fused-ring (bicyclic) bond motifs is 3. The topological polar surface area (TPSA) is 30.2 Å². The van der Waals surface area contributed by atoms with E-state index in [1.54, 1.807) is 18.3 Å². The molecule has 6 rings (SSSR count). The van der Waals surface area contributed by atoms with E-state index in [-0.39, 0.29) is 37.5 Å². The van der Waals surface area contributed by atoms with Crippen LogP contribution in [0.25, 0.3) is 27.7 Å². The van der Waals surface area contributed by atoms with E-state index < -0.39 is 17.5 Å². The molecule has 0 aliphatic carbocycles. The van der Waals surface area contributed by atoms with Crippen LogP contribution in [0.3, 0.4) is 0 Å². The Morgan fingerprint density at radius 1 is 0.943 bits per heavy atom. The molecule has 0 saturated heterocycles. The van der Waals surface area contributed by atoms with E-state index in [1.165, 1.54) is 11.1 Å². The summed E-state index contributed by atoms with van der Waals surface area (Å²) >= 11 is 0. The first kappa shape index (κ1) is 24.7. The van der Waals surface area contributed by atoms with Crippen LogP contribution in [0.1, 0.15) is 17.3 Å². The normalized spacial score (nSPS) is 15.2. The first-order valence-electron chi connectivity index (χ1n) is 10.8. The summed E-state index contributed by atoms with van der Waals surface area (Å²) in [5, 5.41) is 4.41. The van der Waals surface area contributed by atoms with Gasteiger partial charge in [0.1, 0.15) is 0 Å². The SMILES string of the molecule is Fc1[c-]c(-c2ccc(-c3ccccc3)cn2)c(F)cc1F.[Ir+3].[c-]1cccc2c1C1[N-]C=CN1CC2. The molecule has 2 aliphatic rings. The first-order chi connectivity index (χ1) is 16.6. The number of nitrogens with zero attached hydrogens (tertiary/aromatic N) is 3. The van der Waals surface area contributed by atoms with Crippen molar-refractivity contribution >= 4 is 0 Å². The Hall–Kier alpha value is -3.41. The van der Waals surface area contributed by atoms with Gasteiger partial charge in [-0.1, -0.05) is 66.6 Å². The molecule has 3 heterocycles. The molecule has 35 heavy (non-hydrogen) atoms. The fourth-order valence-corrected chi connectivity index (χ4v) is 4.01. The van der Waals surface area contributed by atoms with Gasteiger partial charge in [-0.3, -0.25) is 8.78 Å². The van der Waals surface area contributed by atoms with E-state index in [0.717, 1.165) is 24.1 Å². The predicted molar refractivity (Wildman–Crippen MR) is 125 cm³/mol. The van der Waals surface area contributed by atoms with Crippen LogP contribution in [0.2, 0.25) is 0 Å². The molecule has 0 N–H and O–H groups in total. The molecular formula is C28H19F3IrN3. The van der Waals surface area contributed by atoms with Crippen LogP contribution >= 0.6 is 0 Å². The summed E-state index contributed by atoms with van der Waals surface area (Å²) in [6.07, 6.45) is 6.84. The van der Waals surface area contributed by atoms with Crippen molar-refractivity contribution in [1.82, 2.24) is 9.88 Å². The van der Waals surface area contributed by atoms with Crippen molar-refractivity contribution in [2.45, 2.75) is 12.6 Å². The summed E-state index contributed by atoms with van der Waals surface area (Å²) in [6, 6.07) is 24.8. The number of pyridine rings is 1. The fourth-order valence-electron chi connectivity index (χ4n) is 4.01. The number of rotatable bonds is 2. The number of aromatic nitrogens is 1. The van der Waals surface area contributed by atoms with Gasteiger partial charge < -0.3 is 15.2 Å². The van der Waals surface area contributed by atoms with Crippen LogP contribution in [-0.4, -0.2) is 16.4 Å². The van der Waals surface area contributed by atoms with Crippen molar-refractivity contribution in [2.75, 3.05) is 6.54 Å². The molecule has 1 atom stereocenters. The van der Waals surface area contributed by atoms with Gasteiger partial charge in [-0.25, -0.2) is 4.39 Å². The Kier molecular flexibility index (Phi) is 7.69. The van der Waals surface area contributed by atoms with Crippen LogP contribution < -0.4 is 0 Å². The maximum absolute atomic E-state index is 13.7. The minimum Gasteiger partial charge on any atom is -0.668 e. The molecule has 0 spiro atoms. The molecule has 7 heteroatoms. The summed E-state index contributed by atoms with van der Waals surface area (Å²) in [5.41, 5.74) is 4.48. The zero-order valence-corrected chi connectivity index (χ0v) is 20.8. The third-order valence-corrected chi connectivity index (χ3v) is 5.74. The third kappa shape index (κ3) is 5.31. The van der Waals surface area contributed by atoms with Gasteiger partial charge in [-0.05, 0) is 29.2 Å². The predicted octanol–water partition coefficient (Wildman–Crippen LogP) is 6.83. The minimum atomic E-state index is -1.27. The molecule has 0 radical (unpaired) electrons. The molecule has 0 bridgehead atoms. The first-order valence-corrected chi connectivity index (χ1v) is 10.8. The standard InChI is InChI=1S/C17H9F3N.C11H10N2.Ir/c18-14-9-16(20)15(19)8-13(14)17-7-6-12(10-21-17)11-4-2-1-3-5-11;1-2-4-10-9(3-1)5-7-13-8-6-12-11(10)13;/h1-7,9-10H;1-3,6,8,11H,5,7H2;/q-1;-2;+3. The van der Waals surface area contributed by atoms with Gasteiger partial charge in [-0.2, -0.15) is 41.6 Å². The molecule has 4 aromatic rings. The van der Waals surface area contributed by atoms with Crippen LogP contribution in [-0.2, 0) is 26.5 Å². The maximum atomic E-state index is 13.7. The fraction of sp³-hybridized carbons (Fsp3) is 0.107. The van der Waals surface area contributed by atoms with Crippen molar-refractivity contribution in [3.63, 3.8) is 0 Å². The summed E-state index contributed by atoms with van der Waals surface area (Å²) in [5.74, 6) is -3.38. The Balaban J connectivity index is 0.000000177. The molecule has 0 amide bonds. The average Bonchev–Trinajstić information content (AvgIpc) is 3.37. The molecular weight excluding hydrogens is 628 g/mol. The number of halogens is 3. The summed E-state index contributed by atoms with van der Waals surface area (Å²) < 4.78 is 39.7. The quantitative estimate of drug-likeness (QED) is 0.177. The smallest absolute Gasteiger partial charge is 0.668 e. The summed E-state index contributed by atoms with van der Waals surface area (Å²) in [7, 11) is 0. The van der Waals surface area contributed by atoms with E-state index in [1.807, 2.05) is 48.7 Å². The van der Waals surface area contributed by atoms with Crippen molar-refractivity contribution in [3.8, 4) is 22.4 Å². The molecule has 176 valence electrons. The Morgan fingerprint density at radius 2 is 1.77 bits per heavy atom. The molecule has 0 saturated carbocycles. The Morgan fingerprint density at radius 3 is 2.54 bits per heavy atom. The second-order valence-electron chi connectivity index (χ2n) is 7.87. The summed E-state index contributed by atoms with van der Waals surface area (Å²) in [4.78, 5) is 6.36. The van der Waals surface area contributed by atoms with Gasteiger partial charge in [0.15, 0.2) is 0 Å². The van der Waals surface area contributed by atoms with Gasteiger partial charge in [0.25, 0.3) is 0 Å². The third-order valence-electron chi connectivity index (χ3n) is 5.74. The zero-order valence-electron chi connectivity index (χ0n) is 18.4. The van der Waals surface area contributed by atoms with Gasteiger partial charge in [0, 0.05) is 18.6 Å². The van der Waals surface area contributed by atoms with Crippen LogP contribution in [0.5, 0.6) is 0 Å². The largest absolute Gasteiger partial charge is 3.00 e. The summed E-state index contributed by atoms with van der Waals surface area (Å²) in [6.45, 7) is 1.08. The minimum absolute atomic E-state index is 0. The van der Waals surface area contributed by atoms with E-state index in [4.69, 9.17) is 0 Å². The van der Waals surface area contributed by atoms with Crippen LogP contribution in [0.15, 0.2) is 85.3 Å². The monoisotopic (exact) mass is 647 g/mol. The van der Waals surface area contributed by atoms with Crippen LogP contribution in [0, 0.1) is 29.6 Å². The molecule has 2 aliphatic heterocycles. The number of benzene rings is 3. The van der Waals surface area contributed by atoms with Crippen molar-refractivity contribution in [3.05, 3.63) is 131 Å². The average molecular weight is 647 g/mol. The molecule has 1 unspecified atom stereocenters. The number of hydrogen-bond acceptors (Lipinski definition) is 2. The van der Waals surface area contributed by atoms with E-state index >= 15 is 0 Å². The van der Waals surface area contributed by atoms with E-state index in [2.05, 4.69) is 39.6 Å².